The van der Waals surface area contributed by atoms with Crippen molar-refractivity contribution in [2.45, 2.75) is 44.9 Å². The van der Waals surface area contributed by atoms with E-state index in [1.54, 1.807) is 12.4 Å². The van der Waals surface area contributed by atoms with Crippen LogP contribution in [-0.2, 0) is 22.7 Å². The van der Waals surface area contributed by atoms with Gasteiger partial charge < -0.3 is 9.64 Å². The van der Waals surface area contributed by atoms with Crippen molar-refractivity contribution in [1.82, 2.24) is 19.7 Å². The van der Waals surface area contributed by atoms with Crippen molar-refractivity contribution in [2.75, 3.05) is 13.1 Å². The molecule has 0 aliphatic carbocycles. The van der Waals surface area contributed by atoms with E-state index < -0.39 is 0 Å². The number of likely N-dealkylation sites (tertiary alicyclic amines) is 1. The van der Waals surface area contributed by atoms with Gasteiger partial charge in [-0.1, -0.05) is 6.07 Å². The molecule has 3 rings (SSSR count). The Balaban J connectivity index is 1.33. The molecule has 0 N–H and O–H groups in total. The molecule has 2 aromatic heterocycles. The lowest BCUT2D eigenvalue weighted by Gasteiger charge is -2.32. The summed E-state index contributed by atoms with van der Waals surface area (Å²) in [5, 5.41) is 4.15. The van der Waals surface area contributed by atoms with Gasteiger partial charge in [0.05, 0.1) is 18.4 Å². The fourth-order valence-corrected chi connectivity index (χ4v) is 2.94. The predicted molar refractivity (Wildman–Crippen MR) is 90.1 cm³/mol. The summed E-state index contributed by atoms with van der Waals surface area (Å²) in [6.07, 6.45) is 8.90. The summed E-state index contributed by atoms with van der Waals surface area (Å²) in [7, 11) is 0. The van der Waals surface area contributed by atoms with Gasteiger partial charge in [-0.05, 0) is 37.5 Å². The molecule has 0 saturated carbocycles. The molecule has 6 heteroatoms. The second-order valence-electron chi connectivity index (χ2n) is 6.08. The molecular weight excluding hydrogens is 304 g/mol. The van der Waals surface area contributed by atoms with Crippen LogP contribution in [0.1, 0.15) is 31.4 Å². The fraction of sp³-hybridized carbons (Fsp3) is 0.500. The van der Waals surface area contributed by atoms with Crippen molar-refractivity contribution in [3.8, 4) is 0 Å². The minimum Gasteiger partial charge on any atom is -0.372 e. The first-order valence-electron chi connectivity index (χ1n) is 8.58. The topological polar surface area (TPSA) is 60.2 Å². The lowest BCUT2D eigenvalue weighted by molar-refractivity contribution is -0.134. The number of amides is 1. The van der Waals surface area contributed by atoms with E-state index in [1.807, 2.05) is 40.0 Å². The highest BCUT2D eigenvalue weighted by atomic mass is 16.5. The largest absolute Gasteiger partial charge is 0.372 e. The van der Waals surface area contributed by atoms with E-state index >= 15 is 0 Å². The first-order valence-corrected chi connectivity index (χ1v) is 8.58. The van der Waals surface area contributed by atoms with Crippen LogP contribution in [0.4, 0.5) is 0 Å². The number of nitrogens with zero attached hydrogens (tertiary/aromatic N) is 4. The lowest BCUT2D eigenvalue weighted by Crippen LogP contribution is -2.40. The molecule has 1 aliphatic heterocycles. The number of aromatic nitrogens is 3. The van der Waals surface area contributed by atoms with Gasteiger partial charge in [0.1, 0.15) is 0 Å². The quantitative estimate of drug-likeness (QED) is 0.782. The standard InChI is InChI=1S/C18H24N4O2/c23-18(6-3-11-22-12-4-10-20-22)21-13-7-17(8-14-21)24-15-16-5-1-2-9-19-16/h1-2,4-5,9-10,12,17H,3,6-8,11,13-15H2. The second kappa shape index (κ2) is 8.59. The summed E-state index contributed by atoms with van der Waals surface area (Å²) in [6, 6.07) is 7.74. The lowest BCUT2D eigenvalue weighted by atomic mass is 10.1. The molecule has 0 radical (unpaired) electrons. The van der Waals surface area contributed by atoms with Crippen LogP contribution in [0, 0.1) is 0 Å². The smallest absolute Gasteiger partial charge is 0.222 e. The summed E-state index contributed by atoms with van der Waals surface area (Å²) in [5.74, 6) is 0.241. The molecule has 1 aliphatic rings. The minimum absolute atomic E-state index is 0.222. The Bertz CT molecular complexity index is 607. The predicted octanol–water partition coefficient (Wildman–Crippen LogP) is 2.27. The molecule has 3 heterocycles. The first-order chi connectivity index (χ1) is 11.8. The molecule has 0 atom stereocenters. The number of hydrogen-bond acceptors (Lipinski definition) is 4. The van der Waals surface area contributed by atoms with Gasteiger partial charge in [-0.25, -0.2) is 0 Å². The van der Waals surface area contributed by atoms with E-state index in [-0.39, 0.29) is 12.0 Å². The Labute approximate surface area is 142 Å². The Kier molecular flexibility index (Phi) is 5.96. The molecular formula is C18H24N4O2. The molecule has 0 aromatic carbocycles. The van der Waals surface area contributed by atoms with Crippen molar-refractivity contribution < 1.29 is 9.53 Å². The van der Waals surface area contributed by atoms with Gasteiger partial charge in [0.2, 0.25) is 5.91 Å². The zero-order chi connectivity index (χ0) is 16.6. The number of pyridine rings is 1. The molecule has 24 heavy (non-hydrogen) atoms. The summed E-state index contributed by atoms with van der Waals surface area (Å²) in [4.78, 5) is 18.5. The highest BCUT2D eigenvalue weighted by Crippen LogP contribution is 2.16. The van der Waals surface area contributed by atoms with Crippen molar-refractivity contribution in [2.24, 2.45) is 0 Å². The van der Waals surface area contributed by atoms with Crippen molar-refractivity contribution in [1.29, 1.82) is 0 Å². The van der Waals surface area contributed by atoms with Crippen LogP contribution >= 0.6 is 0 Å². The average Bonchev–Trinajstić information content (AvgIpc) is 3.15. The summed E-state index contributed by atoms with van der Waals surface area (Å²) in [6.45, 7) is 2.91. The van der Waals surface area contributed by atoms with E-state index in [1.165, 1.54) is 0 Å². The number of rotatable bonds is 7. The van der Waals surface area contributed by atoms with E-state index in [4.69, 9.17) is 4.74 Å². The SMILES string of the molecule is O=C(CCCn1cccn1)N1CCC(OCc2ccccn2)CC1. The third-order valence-electron chi connectivity index (χ3n) is 4.32. The Morgan fingerprint density at radius 2 is 2.08 bits per heavy atom. The van der Waals surface area contributed by atoms with Crippen LogP contribution in [0.3, 0.4) is 0 Å². The first kappa shape index (κ1) is 16.6. The molecule has 128 valence electrons. The number of ether oxygens (including phenoxy) is 1. The summed E-state index contributed by atoms with van der Waals surface area (Å²) in [5.41, 5.74) is 0.953. The van der Waals surface area contributed by atoms with Gasteiger partial charge in [-0.15, -0.1) is 0 Å². The maximum absolute atomic E-state index is 12.3. The van der Waals surface area contributed by atoms with Crippen molar-refractivity contribution in [3.05, 3.63) is 48.5 Å². The molecule has 1 saturated heterocycles. The molecule has 1 fully saturated rings. The zero-order valence-electron chi connectivity index (χ0n) is 13.9. The van der Waals surface area contributed by atoms with Gasteiger partial charge in [0, 0.05) is 44.6 Å². The molecule has 6 nitrogen and oxygen atoms in total. The third-order valence-corrected chi connectivity index (χ3v) is 4.32. The van der Waals surface area contributed by atoms with E-state index in [2.05, 4.69) is 10.1 Å². The monoisotopic (exact) mass is 328 g/mol. The Hall–Kier alpha value is -2.21. The van der Waals surface area contributed by atoms with Crippen LogP contribution < -0.4 is 0 Å². The highest BCUT2D eigenvalue weighted by molar-refractivity contribution is 5.76. The van der Waals surface area contributed by atoms with E-state index in [0.717, 1.165) is 44.6 Å². The van der Waals surface area contributed by atoms with Crippen LogP contribution in [0.15, 0.2) is 42.9 Å². The number of hydrogen-bond donors (Lipinski definition) is 0. The van der Waals surface area contributed by atoms with Crippen LogP contribution in [0.5, 0.6) is 0 Å². The van der Waals surface area contributed by atoms with E-state index in [9.17, 15) is 4.79 Å². The van der Waals surface area contributed by atoms with Crippen molar-refractivity contribution in [3.63, 3.8) is 0 Å². The molecule has 0 unspecified atom stereocenters. The second-order valence-corrected chi connectivity index (χ2v) is 6.08. The van der Waals surface area contributed by atoms with Crippen LogP contribution in [0.25, 0.3) is 0 Å². The highest BCUT2D eigenvalue weighted by Gasteiger charge is 2.22. The minimum atomic E-state index is 0.222. The number of carbonyl (C=O) groups excluding carboxylic acids is 1. The van der Waals surface area contributed by atoms with Crippen LogP contribution in [-0.4, -0.2) is 44.8 Å². The normalized spacial score (nSPS) is 15.6. The summed E-state index contributed by atoms with van der Waals surface area (Å²) < 4.78 is 7.78. The Morgan fingerprint density at radius 1 is 1.21 bits per heavy atom. The molecule has 1 amide bonds. The Morgan fingerprint density at radius 3 is 2.79 bits per heavy atom. The molecule has 0 bridgehead atoms. The number of carbonyl (C=O) groups is 1. The number of piperidine rings is 1. The van der Waals surface area contributed by atoms with Gasteiger partial charge in [-0.2, -0.15) is 5.10 Å². The van der Waals surface area contributed by atoms with Gasteiger partial charge in [-0.3, -0.25) is 14.5 Å². The number of aryl methyl sites for hydroxylation is 1. The summed E-state index contributed by atoms with van der Waals surface area (Å²) >= 11 is 0. The average molecular weight is 328 g/mol. The zero-order valence-corrected chi connectivity index (χ0v) is 13.9. The molecule has 2 aromatic rings. The third kappa shape index (κ3) is 4.89. The maximum Gasteiger partial charge on any atom is 0.222 e. The van der Waals surface area contributed by atoms with Crippen LogP contribution in [0.2, 0.25) is 0 Å². The van der Waals surface area contributed by atoms with Crippen molar-refractivity contribution >= 4 is 5.91 Å². The molecule has 0 spiro atoms. The fourth-order valence-electron chi connectivity index (χ4n) is 2.94. The van der Waals surface area contributed by atoms with Gasteiger partial charge in [0.25, 0.3) is 0 Å². The maximum atomic E-state index is 12.3. The van der Waals surface area contributed by atoms with Gasteiger partial charge >= 0.3 is 0 Å². The van der Waals surface area contributed by atoms with E-state index in [0.29, 0.717) is 13.0 Å². The van der Waals surface area contributed by atoms with Gasteiger partial charge in [0.15, 0.2) is 0 Å².